The molecule has 0 bridgehead atoms. The van der Waals surface area contributed by atoms with Gasteiger partial charge in [-0.15, -0.1) is 0 Å². The first-order valence-electron chi connectivity index (χ1n) is 8.46. The summed E-state index contributed by atoms with van der Waals surface area (Å²) in [6.07, 6.45) is 3.82. The van der Waals surface area contributed by atoms with Crippen molar-refractivity contribution in [1.29, 1.82) is 0 Å². The number of rotatable bonds is 3. The first kappa shape index (κ1) is 15.5. The van der Waals surface area contributed by atoms with E-state index in [0.717, 1.165) is 57.1 Å². The van der Waals surface area contributed by atoms with Gasteiger partial charge in [-0.25, -0.2) is 4.98 Å². The standard InChI is InChI=1S/C17H22N4O3/c1-17(4-2-8-23-12-17)16-19-15(20-24-16)13-3-5-18-14(11-13)21-6-9-22-10-7-21/h3,5,11H,2,4,6-10,12H2,1H3. The molecule has 7 heteroatoms. The van der Waals surface area contributed by atoms with Crippen molar-refractivity contribution >= 4 is 5.82 Å². The zero-order valence-electron chi connectivity index (χ0n) is 13.9. The van der Waals surface area contributed by atoms with Crippen LogP contribution in [-0.2, 0) is 14.9 Å². The van der Waals surface area contributed by atoms with Crippen LogP contribution in [0.5, 0.6) is 0 Å². The Morgan fingerprint density at radius 3 is 2.83 bits per heavy atom. The van der Waals surface area contributed by atoms with Crippen molar-refractivity contribution in [1.82, 2.24) is 15.1 Å². The van der Waals surface area contributed by atoms with Crippen LogP contribution in [0, 0.1) is 0 Å². The van der Waals surface area contributed by atoms with Crippen LogP contribution in [0.4, 0.5) is 5.82 Å². The lowest BCUT2D eigenvalue weighted by Crippen LogP contribution is -2.36. The fourth-order valence-corrected chi connectivity index (χ4v) is 3.21. The number of pyridine rings is 1. The molecule has 0 saturated carbocycles. The fourth-order valence-electron chi connectivity index (χ4n) is 3.21. The number of morpholine rings is 1. The van der Waals surface area contributed by atoms with Crippen molar-refractivity contribution < 1.29 is 14.0 Å². The smallest absolute Gasteiger partial charge is 0.235 e. The maximum atomic E-state index is 5.60. The van der Waals surface area contributed by atoms with Gasteiger partial charge in [-0.2, -0.15) is 4.98 Å². The summed E-state index contributed by atoms with van der Waals surface area (Å²) in [6, 6.07) is 3.93. The normalized spacial score (nSPS) is 25.0. The molecule has 2 aromatic rings. The minimum atomic E-state index is -0.191. The maximum Gasteiger partial charge on any atom is 0.235 e. The van der Waals surface area contributed by atoms with Crippen LogP contribution < -0.4 is 4.90 Å². The topological polar surface area (TPSA) is 73.5 Å². The quantitative estimate of drug-likeness (QED) is 0.852. The van der Waals surface area contributed by atoms with Gasteiger partial charge in [0.05, 0.1) is 25.2 Å². The predicted octanol–water partition coefficient (Wildman–Crippen LogP) is 2.04. The SMILES string of the molecule is CC1(c2nc(-c3ccnc(N4CCOCC4)c3)no2)CCCOC1. The molecule has 128 valence electrons. The number of anilines is 1. The molecule has 7 nitrogen and oxygen atoms in total. The molecule has 2 fully saturated rings. The van der Waals surface area contributed by atoms with E-state index in [0.29, 0.717) is 18.3 Å². The molecule has 2 aliphatic heterocycles. The summed E-state index contributed by atoms with van der Waals surface area (Å²) in [5, 5.41) is 4.18. The third-order valence-corrected chi connectivity index (χ3v) is 4.72. The Balaban J connectivity index is 1.58. The van der Waals surface area contributed by atoms with Gasteiger partial charge in [0, 0.05) is 31.5 Å². The largest absolute Gasteiger partial charge is 0.380 e. The highest BCUT2D eigenvalue weighted by Gasteiger charge is 2.35. The van der Waals surface area contributed by atoms with Gasteiger partial charge in [0.1, 0.15) is 5.82 Å². The third kappa shape index (κ3) is 3.01. The molecular weight excluding hydrogens is 308 g/mol. The van der Waals surface area contributed by atoms with Crippen LogP contribution in [0.1, 0.15) is 25.7 Å². The van der Waals surface area contributed by atoms with Crippen LogP contribution in [0.25, 0.3) is 11.4 Å². The minimum absolute atomic E-state index is 0.191. The lowest BCUT2D eigenvalue weighted by Gasteiger charge is -2.29. The van der Waals surface area contributed by atoms with Crippen LogP contribution in [0.2, 0.25) is 0 Å². The Morgan fingerprint density at radius 1 is 1.17 bits per heavy atom. The van der Waals surface area contributed by atoms with Gasteiger partial charge in [0.25, 0.3) is 0 Å². The van der Waals surface area contributed by atoms with Crippen molar-refractivity contribution in [2.45, 2.75) is 25.2 Å². The summed E-state index contributed by atoms with van der Waals surface area (Å²) in [6.45, 7) is 6.73. The van der Waals surface area contributed by atoms with Gasteiger partial charge < -0.3 is 18.9 Å². The summed E-state index contributed by atoms with van der Waals surface area (Å²) in [7, 11) is 0. The highest BCUT2D eigenvalue weighted by molar-refractivity contribution is 5.59. The molecule has 4 rings (SSSR count). The molecule has 0 aliphatic carbocycles. The molecule has 1 unspecified atom stereocenters. The number of hydrogen-bond donors (Lipinski definition) is 0. The van der Waals surface area contributed by atoms with E-state index in [-0.39, 0.29) is 5.41 Å². The molecule has 0 radical (unpaired) electrons. The summed E-state index contributed by atoms with van der Waals surface area (Å²) >= 11 is 0. The second kappa shape index (κ2) is 6.49. The summed E-state index contributed by atoms with van der Waals surface area (Å²) < 4.78 is 16.5. The lowest BCUT2D eigenvalue weighted by molar-refractivity contribution is 0.0282. The zero-order valence-corrected chi connectivity index (χ0v) is 13.9. The van der Waals surface area contributed by atoms with E-state index in [1.807, 2.05) is 12.1 Å². The summed E-state index contributed by atoms with van der Waals surface area (Å²) in [5.74, 6) is 2.19. The molecule has 4 heterocycles. The van der Waals surface area contributed by atoms with Gasteiger partial charge in [0.15, 0.2) is 0 Å². The van der Waals surface area contributed by atoms with Crippen molar-refractivity contribution in [3.8, 4) is 11.4 Å². The first-order valence-corrected chi connectivity index (χ1v) is 8.46. The zero-order chi connectivity index (χ0) is 16.4. The molecule has 2 aromatic heterocycles. The second-order valence-corrected chi connectivity index (χ2v) is 6.64. The Hall–Kier alpha value is -1.99. The van der Waals surface area contributed by atoms with Crippen LogP contribution in [0.15, 0.2) is 22.9 Å². The lowest BCUT2D eigenvalue weighted by atomic mass is 9.85. The van der Waals surface area contributed by atoms with Crippen molar-refractivity contribution in [3.63, 3.8) is 0 Å². The van der Waals surface area contributed by atoms with Gasteiger partial charge >= 0.3 is 0 Å². The van der Waals surface area contributed by atoms with Gasteiger partial charge in [-0.05, 0) is 31.9 Å². The number of hydrogen-bond acceptors (Lipinski definition) is 7. The minimum Gasteiger partial charge on any atom is -0.380 e. The van der Waals surface area contributed by atoms with Crippen LogP contribution in [-0.4, -0.2) is 54.6 Å². The molecule has 2 saturated heterocycles. The molecule has 0 aromatic carbocycles. The average Bonchev–Trinajstić information content (AvgIpc) is 3.14. The van der Waals surface area contributed by atoms with Crippen molar-refractivity contribution in [2.75, 3.05) is 44.4 Å². The number of aromatic nitrogens is 3. The van der Waals surface area contributed by atoms with E-state index in [2.05, 4.69) is 26.9 Å². The monoisotopic (exact) mass is 330 g/mol. The Bertz CT molecular complexity index is 691. The van der Waals surface area contributed by atoms with Gasteiger partial charge in [0.2, 0.25) is 11.7 Å². The Morgan fingerprint density at radius 2 is 2.04 bits per heavy atom. The third-order valence-electron chi connectivity index (χ3n) is 4.72. The Labute approximate surface area is 141 Å². The molecular formula is C17H22N4O3. The van der Waals surface area contributed by atoms with Gasteiger partial charge in [-0.1, -0.05) is 5.16 Å². The van der Waals surface area contributed by atoms with E-state index < -0.39 is 0 Å². The first-order chi connectivity index (χ1) is 11.7. The fraction of sp³-hybridized carbons (Fsp3) is 0.588. The molecule has 24 heavy (non-hydrogen) atoms. The van der Waals surface area contributed by atoms with E-state index >= 15 is 0 Å². The number of ether oxygens (including phenoxy) is 2. The predicted molar refractivity (Wildman–Crippen MR) is 88.0 cm³/mol. The Kier molecular flexibility index (Phi) is 4.20. The second-order valence-electron chi connectivity index (χ2n) is 6.64. The highest BCUT2D eigenvalue weighted by atomic mass is 16.5. The maximum absolute atomic E-state index is 5.60. The molecule has 0 spiro atoms. The molecule has 0 amide bonds. The van der Waals surface area contributed by atoms with Crippen molar-refractivity contribution in [2.24, 2.45) is 0 Å². The highest BCUT2D eigenvalue weighted by Crippen LogP contribution is 2.32. The van der Waals surface area contributed by atoms with Gasteiger partial charge in [-0.3, -0.25) is 0 Å². The van der Waals surface area contributed by atoms with E-state index in [4.69, 9.17) is 14.0 Å². The number of nitrogens with zero attached hydrogens (tertiary/aromatic N) is 4. The molecule has 2 aliphatic rings. The average molecular weight is 330 g/mol. The van der Waals surface area contributed by atoms with E-state index in [9.17, 15) is 0 Å². The summed E-state index contributed by atoms with van der Waals surface area (Å²) in [5.41, 5.74) is 0.727. The van der Waals surface area contributed by atoms with Crippen LogP contribution >= 0.6 is 0 Å². The van der Waals surface area contributed by atoms with E-state index in [1.54, 1.807) is 6.20 Å². The van der Waals surface area contributed by atoms with E-state index in [1.165, 1.54) is 0 Å². The summed E-state index contributed by atoms with van der Waals surface area (Å²) in [4.78, 5) is 11.3. The molecule has 1 atom stereocenters. The van der Waals surface area contributed by atoms with Crippen LogP contribution in [0.3, 0.4) is 0 Å². The van der Waals surface area contributed by atoms with Crippen molar-refractivity contribution in [3.05, 3.63) is 24.2 Å². The molecule has 0 N–H and O–H groups in total.